The van der Waals surface area contributed by atoms with Crippen LogP contribution in [0.2, 0.25) is 0 Å². The fraction of sp³-hybridized carbons (Fsp3) is 0.300. The Bertz CT molecular complexity index is 1600. The van der Waals surface area contributed by atoms with Crippen molar-refractivity contribution in [3.05, 3.63) is 143 Å². The first-order valence-corrected chi connectivity index (χ1v) is 16.4. The number of carbonyl (C=O) groups is 4. The van der Waals surface area contributed by atoms with Gasteiger partial charge in [0, 0.05) is 6.54 Å². The summed E-state index contributed by atoms with van der Waals surface area (Å²) in [6.45, 7) is 4.96. The summed E-state index contributed by atoms with van der Waals surface area (Å²) in [5.74, 6) is -1.85. The van der Waals surface area contributed by atoms with Crippen molar-refractivity contribution >= 4 is 24.0 Å². The Balaban J connectivity index is 1.52. The summed E-state index contributed by atoms with van der Waals surface area (Å²) in [6.07, 6.45) is -0.414. The van der Waals surface area contributed by atoms with Gasteiger partial charge in [0.05, 0.1) is 13.1 Å². The third-order valence-electron chi connectivity index (χ3n) is 7.37. The van der Waals surface area contributed by atoms with Gasteiger partial charge in [0.25, 0.3) is 0 Å². The van der Waals surface area contributed by atoms with Gasteiger partial charge in [-0.1, -0.05) is 115 Å². The number of hydrogen-bond donors (Lipinski definition) is 1. The molecule has 0 radical (unpaired) electrons. The van der Waals surface area contributed by atoms with E-state index in [1.54, 1.807) is 20.8 Å². The predicted octanol–water partition coefficient (Wildman–Crippen LogP) is 6.15. The van der Waals surface area contributed by atoms with Gasteiger partial charge < -0.3 is 24.3 Å². The van der Waals surface area contributed by atoms with Crippen LogP contribution in [0.5, 0.6) is 0 Å². The first-order chi connectivity index (χ1) is 24.0. The number of nitrogens with one attached hydrogen (secondary N) is 1. The van der Waals surface area contributed by atoms with Crippen LogP contribution in [-0.2, 0) is 66.1 Å². The summed E-state index contributed by atoms with van der Waals surface area (Å²) in [5.41, 5.74) is 3.33. The van der Waals surface area contributed by atoms with Crippen molar-refractivity contribution in [3.63, 3.8) is 0 Å². The summed E-state index contributed by atoms with van der Waals surface area (Å²) >= 11 is 0. The van der Waals surface area contributed by atoms with Crippen LogP contribution in [-0.4, -0.2) is 53.6 Å². The molecule has 0 aromatic heterocycles. The largest absolute Gasteiger partial charge is 0.460 e. The number of alkyl carbamates (subject to hydrolysis) is 1. The average Bonchev–Trinajstić information content (AvgIpc) is 3.11. The number of ether oxygens (including phenoxy) is 4. The number of amides is 1. The summed E-state index contributed by atoms with van der Waals surface area (Å²) in [6, 6.07) is 33.9. The third kappa shape index (κ3) is 13.6. The molecule has 0 spiro atoms. The van der Waals surface area contributed by atoms with Crippen molar-refractivity contribution in [1.82, 2.24) is 10.2 Å². The van der Waals surface area contributed by atoms with Gasteiger partial charge in [0.2, 0.25) is 0 Å². The zero-order valence-electron chi connectivity index (χ0n) is 28.7. The maximum atomic E-state index is 13.8. The Morgan fingerprint density at radius 1 is 0.580 bits per heavy atom. The lowest BCUT2D eigenvalue weighted by Gasteiger charge is -2.29. The van der Waals surface area contributed by atoms with Gasteiger partial charge in [-0.3, -0.25) is 19.3 Å². The van der Waals surface area contributed by atoms with E-state index in [2.05, 4.69) is 5.32 Å². The minimum Gasteiger partial charge on any atom is -0.460 e. The van der Waals surface area contributed by atoms with Crippen LogP contribution >= 0.6 is 0 Å². The molecule has 1 atom stereocenters. The molecule has 262 valence electrons. The number of nitrogens with zero attached hydrogens (tertiary/aromatic N) is 1. The highest BCUT2D eigenvalue weighted by Gasteiger charge is 2.32. The zero-order valence-corrected chi connectivity index (χ0v) is 28.7. The van der Waals surface area contributed by atoms with E-state index in [1.807, 2.05) is 115 Å². The second-order valence-corrected chi connectivity index (χ2v) is 12.7. The molecule has 10 nitrogen and oxygen atoms in total. The molecule has 0 bridgehead atoms. The quantitative estimate of drug-likeness (QED) is 0.110. The van der Waals surface area contributed by atoms with Crippen LogP contribution < -0.4 is 5.32 Å². The fourth-order valence-electron chi connectivity index (χ4n) is 4.87. The van der Waals surface area contributed by atoms with Gasteiger partial charge in [0.15, 0.2) is 0 Å². The molecular weight excluding hydrogens is 636 g/mol. The molecule has 0 saturated carbocycles. The summed E-state index contributed by atoms with van der Waals surface area (Å²) < 4.78 is 22.1. The van der Waals surface area contributed by atoms with E-state index in [0.29, 0.717) is 0 Å². The van der Waals surface area contributed by atoms with Crippen molar-refractivity contribution in [2.45, 2.75) is 65.2 Å². The number of carbonyl (C=O) groups excluding carboxylic acids is 4. The molecule has 1 unspecified atom stereocenters. The van der Waals surface area contributed by atoms with Crippen LogP contribution in [0, 0.1) is 0 Å². The molecule has 0 aliphatic carbocycles. The van der Waals surface area contributed by atoms with Crippen LogP contribution in [0.25, 0.3) is 0 Å². The smallest absolute Gasteiger partial charge is 0.407 e. The van der Waals surface area contributed by atoms with Crippen molar-refractivity contribution < 1.29 is 38.1 Å². The van der Waals surface area contributed by atoms with Crippen LogP contribution in [0.1, 0.15) is 48.6 Å². The monoisotopic (exact) mass is 680 g/mol. The van der Waals surface area contributed by atoms with Crippen molar-refractivity contribution in [3.8, 4) is 0 Å². The van der Waals surface area contributed by atoms with Crippen LogP contribution in [0.4, 0.5) is 4.79 Å². The zero-order chi connectivity index (χ0) is 35.8. The summed E-state index contributed by atoms with van der Waals surface area (Å²) in [7, 11) is 0. The molecule has 0 aliphatic heterocycles. The van der Waals surface area contributed by atoms with Crippen molar-refractivity contribution in [1.29, 1.82) is 0 Å². The molecule has 1 amide bonds. The lowest BCUT2D eigenvalue weighted by molar-refractivity contribution is -0.158. The first kappa shape index (κ1) is 37.3. The van der Waals surface area contributed by atoms with E-state index in [-0.39, 0.29) is 45.9 Å². The molecule has 4 rings (SSSR count). The number of hydrogen-bond acceptors (Lipinski definition) is 9. The van der Waals surface area contributed by atoms with Crippen LogP contribution in [0.3, 0.4) is 0 Å². The Morgan fingerprint density at radius 3 is 1.44 bits per heavy atom. The van der Waals surface area contributed by atoms with Crippen LogP contribution in [0.15, 0.2) is 115 Å². The lowest BCUT2D eigenvalue weighted by Crippen LogP contribution is -2.49. The predicted molar refractivity (Wildman–Crippen MR) is 187 cm³/mol. The summed E-state index contributed by atoms with van der Waals surface area (Å²) in [4.78, 5) is 53.8. The van der Waals surface area contributed by atoms with Crippen molar-refractivity contribution in [2.75, 3.05) is 13.1 Å². The molecule has 4 aromatic carbocycles. The second kappa shape index (κ2) is 18.9. The topological polar surface area (TPSA) is 120 Å². The van der Waals surface area contributed by atoms with Gasteiger partial charge in [-0.05, 0) is 55.0 Å². The fourth-order valence-corrected chi connectivity index (χ4v) is 4.87. The Hall–Kier alpha value is -5.48. The highest BCUT2D eigenvalue weighted by Crippen LogP contribution is 2.16. The van der Waals surface area contributed by atoms with Gasteiger partial charge in [-0.25, -0.2) is 4.79 Å². The molecule has 0 fully saturated rings. The normalized spacial score (nSPS) is 11.7. The minimum absolute atomic E-state index is 0.0101. The Labute approximate surface area is 293 Å². The molecular formula is C40H44N2O8. The Morgan fingerprint density at radius 2 is 1.00 bits per heavy atom. The van der Waals surface area contributed by atoms with E-state index in [0.717, 1.165) is 27.8 Å². The average molecular weight is 681 g/mol. The van der Waals surface area contributed by atoms with Gasteiger partial charge in [-0.15, -0.1) is 0 Å². The van der Waals surface area contributed by atoms with Crippen molar-refractivity contribution in [2.24, 2.45) is 0 Å². The lowest BCUT2D eigenvalue weighted by atomic mass is 10.0. The number of esters is 3. The molecule has 0 saturated heterocycles. The number of rotatable bonds is 16. The van der Waals surface area contributed by atoms with E-state index in [9.17, 15) is 19.2 Å². The van der Waals surface area contributed by atoms with Gasteiger partial charge in [-0.2, -0.15) is 0 Å². The van der Waals surface area contributed by atoms with E-state index in [1.165, 1.54) is 4.90 Å². The highest BCUT2D eigenvalue weighted by atomic mass is 16.6. The van der Waals surface area contributed by atoms with E-state index in [4.69, 9.17) is 18.9 Å². The minimum atomic E-state index is -1.04. The van der Waals surface area contributed by atoms with E-state index >= 15 is 0 Å². The maximum Gasteiger partial charge on any atom is 0.407 e. The van der Waals surface area contributed by atoms with E-state index < -0.39 is 35.6 Å². The molecule has 10 heteroatoms. The standard InChI is InChI=1S/C40H44N2O8/c1-40(2,3)50-39(46)41-24-31-21-19-30(20-22-31)23-35(38(45)49-29-34-17-11-6-12-18-34)42(25-36(43)47-27-32-13-7-4-8-14-32)26-37(44)48-28-33-15-9-5-10-16-33/h4-22,35H,23-29H2,1-3H3,(H,41,46). The number of benzene rings is 4. The van der Waals surface area contributed by atoms with Gasteiger partial charge >= 0.3 is 24.0 Å². The Kier molecular flexibility index (Phi) is 14.1. The second-order valence-electron chi connectivity index (χ2n) is 12.7. The molecule has 4 aromatic rings. The maximum absolute atomic E-state index is 13.8. The van der Waals surface area contributed by atoms with Gasteiger partial charge in [0.1, 0.15) is 31.5 Å². The molecule has 0 heterocycles. The third-order valence-corrected chi connectivity index (χ3v) is 7.37. The molecule has 0 aliphatic rings. The highest BCUT2D eigenvalue weighted by molar-refractivity contribution is 5.80. The SMILES string of the molecule is CC(C)(C)OC(=O)NCc1ccc(CC(C(=O)OCc2ccccc2)N(CC(=O)OCc2ccccc2)CC(=O)OCc2ccccc2)cc1. The molecule has 50 heavy (non-hydrogen) atoms. The summed E-state index contributed by atoms with van der Waals surface area (Å²) in [5, 5.41) is 2.73. The first-order valence-electron chi connectivity index (χ1n) is 16.4. The molecule has 1 N–H and O–H groups in total.